The zero-order valence-corrected chi connectivity index (χ0v) is 27.2. The minimum absolute atomic E-state index is 0.227. The van der Waals surface area contributed by atoms with Crippen molar-refractivity contribution in [3.05, 3.63) is 37.5 Å². The maximum Gasteiger partial charge on any atom is 0.212 e. The first-order chi connectivity index (χ1) is 18.1. The Morgan fingerprint density at radius 2 is 1.61 bits per heavy atom. The van der Waals surface area contributed by atoms with Crippen LogP contribution in [0.15, 0.2) is 25.0 Å². The lowest BCUT2D eigenvalue weighted by atomic mass is 9.74. The molecule has 1 aliphatic heterocycles. The molecular weight excluding hydrogens is 754 g/mol. The van der Waals surface area contributed by atoms with Crippen LogP contribution in [0.4, 0.5) is 5.95 Å². The fraction of sp³-hybridized carbons (Fsp3) is 0.565. The number of fused-ring (bicyclic) bond motifs is 2. The molecule has 2 atom stereocenters. The van der Waals surface area contributed by atoms with Gasteiger partial charge in [0.1, 0.15) is 12.7 Å². The number of halogens is 3. The SMILES string of the molecule is CC(C)(C)[S@@](=O)N[C@@H]1CCCC12CCN(c1ncc(I)c3nncn13)CC2.Clc1ncc(I)c2nncn12. The van der Waals surface area contributed by atoms with Gasteiger partial charge in [0.05, 0.1) is 22.9 Å². The summed E-state index contributed by atoms with van der Waals surface area (Å²) in [5, 5.41) is 16.2. The molecule has 5 heterocycles. The van der Waals surface area contributed by atoms with E-state index in [2.05, 4.69) is 85.2 Å². The van der Waals surface area contributed by atoms with Gasteiger partial charge in [-0.1, -0.05) is 6.42 Å². The minimum Gasteiger partial charge on any atom is -0.342 e. The van der Waals surface area contributed by atoms with Crippen LogP contribution in [0.25, 0.3) is 11.3 Å². The van der Waals surface area contributed by atoms with E-state index in [1.165, 1.54) is 19.2 Å². The molecule has 1 saturated heterocycles. The lowest BCUT2D eigenvalue weighted by molar-refractivity contribution is 0.187. The molecule has 2 fully saturated rings. The summed E-state index contributed by atoms with van der Waals surface area (Å²) in [4.78, 5) is 10.9. The predicted octanol–water partition coefficient (Wildman–Crippen LogP) is 4.30. The fourth-order valence-corrected chi connectivity index (χ4v) is 7.32. The first-order valence-electron chi connectivity index (χ1n) is 12.4. The van der Waals surface area contributed by atoms with Crippen molar-refractivity contribution in [1.82, 2.24) is 43.9 Å². The van der Waals surface area contributed by atoms with Crippen LogP contribution in [0.3, 0.4) is 0 Å². The average molecular weight is 783 g/mol. The van der Waals surface area contributed by atoms with Crippen LogP contribution in [0.2, 0.25) is 5.28 Å². The van der Waals surface area contributed by atoms with Gasteiger partial charge in [0.15, 0.2) is 11.3 Å². The van der Waals surface area contributed by atoms with Crippen LogP contribution >= 0.6 is 56.8 Å². The van der Waals surface area contributed by atoms with Crippen LogP contribution in [-0.4, -0.2) is 67.3 Å². The van der Waals surface area contributed by atoms with Crippen LogP contribution in [-0.2, 0) is 11.0 Å². The van der Waals surface area contributed by atoms with Crippen molar-refractivity contribution in [2.45, 2.75) is 63.7 Å². The van der Waals surface area contributed by atoms with Gasteiger partial charge in [-0.25, -0.2) is 18.9 Å². The van der Waals surface area contributed by atoms with E-state index in [0.717, 1.165) is 56.7 Å². The highest BCUT2D eigenvalue weighted by molar-refractivity contribution is 14.1. The Morgan fingerprint density at radius 3 is 2.24 bits per heavy atom. The van der Waals surface area contributed by atoms with Crippen molar-refractivity contribution >= 4 is 85.0 Å². The molecule has 0 amide bonds. The summed E-state index contributed by atoms with van der Waals surface area (Å²) in [6.07, 6.45) is 12.6. The van der Waals surface area contributed by atoms with E-state index in [1.807, 2.05) is 31.4 Å². The van der Waals surface area contributed by atoms with Crippen LogP contribution in [0.1, 0.15) is 52.9 Å². The molecular formula is C23H29ClI2N10OS. The molecule has 1 saturated carbocycles. The number of anilines is 1. The predicted molar refractivity (Wildman–Crippen MR) is 165 cm³/mol. The molecule has 6 rings (SSSR count). The van der Waals surface area contributed by atoms with Crippen molar-refractivity contribution in [1.29, 1.82) is 0 Å². The number of hydrogen-bond donors (Lipinski definition) is 1. The Bertz CT molecular complexity index is 1430. The average Bonchev–Trinajstić information content (AvgIpc) is 3.64. The molecule has 2 aliphatic rings. The molecule has 1 aliphatic carbocycles. The maximum absolute atomic E-state index is 12.6. The number of nitrogens with one attached hydrogen (secondary N) is 1. The topological polar surface area (TPSA) is 118 Å². The van der Waals surface area contributed by atoms with Crippen molar-refractivity contribution in [3.8, 4) is 0 Å². The highest BCUT2D eigenvalue weighted by Crippen LogP contribution is 2.47. The van der Waals surface area contributed by atoms with Gasteiger partial charge in [-0.3, -0.25) is 8.80 Å². The Morgan fingerprint density at radius 1 is 1.00 bits per heavy atom. The van der Waals surface area contributed by atoms with Gasteiger partial charge in [0.25, 0.3) is 0 Å². The van der Waals surface area contributed by atoms with Crippen molar-refractivity contribution in [2.75, 3.05) is 18.0 Å². The first-order valence-corrected chi connectivity index (χ1v) is 16.0. The van der Waals surface area contributed by atoms with E-state index in [4.69, 9.17) is 11.6 Å². The second kappa shape index (κ2) is 11.3. The number of aromatic nitrogens is 8. The van der Waals surface area contributed by atoms with Gasteiger partial charge in [-0.15, -0.1) is 20.4 Å². The van der Waals surface area contributed by atoms with Gasteiger partial charge >= 0.3 is 0 Å². The third-order valence-corrected chi connectivity index (χ3v) is 10.7. The summed E-state index contributed by atoms with van der Waals surface area (Å²) in [5.41, 5.74) is 1.86. The van der Waals surface area contributed by atoms with E-state index in [9.17, 15) is 4.21 Å². The molecule has 0 radical (unpaired) electrons. The molecule has 1 spiro atoms. The van der Waals surface area contributed by atoms with E-state index < -0.39 is 11.0 Å². The summed E-state index contributed by atoms with van der Waals surface area (Å²) >= 11 is 10.1. The van der Waals surface area contributed by atoms with E-state index in [0.29, 0.717) is 11.3 Å². The molecule has 38 heavy (non-hydrogen) atoms. The second-order valence-corrected chi connectivity index (χ2v) is 15.3. The lowest BCUT2D eigenvalue weighted by Gasteiger charge is -2.44. The smallest absolute Gasteiger partial charge is 0.212 e. The second-order valence-electron chi connectivity index (χ2n) is 10.6. The van der Waals surface area contributed by atoms with Gasteiger partial charge in [0, 0.05) is 31.5 Å². The molecule has 4 aromatic rings. The van der Waals surface area contributed by atoms with Crippen molar-refractivity contribution in [2.24, 2.45) is 5.41 Å². The largest absolute Gasteiger partial charge is 0.342 e. The quantitative estimate of drug-likeness (QED) is 0.242. The summed E-state index contributed by atoms with van der Waals surface area (Å²) < 4.78 is 21.4. The van der Waals surface area contributed by atoms with Gasteiger partial charge in [-0.2, -0.15) is 0 Å². The van der Waals surface area contributed by atoms with Crippen LogP contribution in [0.5, 0.6) is 0 Å². The van der Waals surface area contributed by atoms with Gasteiger partial charge < -0.3 is 4.90 Å². The molecule has 0 aromatic carbocycles. The molecule has 11 nitrogen and oxygen atoms in total. The van der Waals surface area contributed by atoms with Crippen LogP contribution in [0, 0.1) is 12.6 Å². The Labute approximate surface area is 255 Å². The van der Waals surface area contributed by atoms with E-state index in [-0.39, 0.29) is 10.2 Å². The van der Waals surface area contributed by atoms with Crippen LogP contribution < -0.4 is 9.62 Å². The van der Waals surface area contributed by atoms with Gasteiger partial charge in [-0.05, 0) is 109 Å². The number of hydrogen-bond acceptors (Lipinski definition) is 8. The molecule has 0 bridgehead atoms. The van der Waals surface area contributed by atoms with Crippen molar-refractivity contribution < 1.29 is 4.21 Å². The fourth-order valence-electron chi connectivity index (χ4n) is 5.15. The normalized spacial score (nSPS) is 20.2. The molecule has 4 aromatic heterocycles. The summed E-state index contributed by atoms with van der Waals surface area (Å²) in [6, 6.07) is 0.347. The first kappa shape index (κ1) is 28.3. The molecule has 0 unspecified atom stereocenters. The number of nitrogens with zero attached hydrogens (tertiary/aromatic N) is 9. The van der Waals surface area contributed by atoms with E-state index in [1.54, 1.807) is 16.9 Å². The zero-order chi connectivity index (χ0) is 27.1. The molecule has 1 N–H and O–H groups in total. The third-order valence-electron chi connectivity index (χ3n) is 7.27. The summed E-state index contributed by atoms with van der Waals surface area (Å²) in [7, 11) is -1.01. The molecule has 204 valence electrons. The van der Waals surface area contributed by atoms with Crippen molar-refractivity contribution in [3.63, 3.8) is 0 Å². The Balaban J connectivity index is 0.000000222. The lowest BCUT2D eigenvalue weighted by Crippen LogP contribution is -2.51. The summed E-state index contributed by atoms with van der Waals surface area (Å²) in [5.74, 6) is 0.922. The maximum atomic E-state index is 12.6. The van der Waals surface area contributed by atoms with E-state index >= 15 is 0 Å². The van der Waals surface area contributed by atoms with Gasteiger partial charge in [0.2, 0.25) is 11.2 Å². The highest BCUT2D eigenvalue weighted by Gasteiger charge is 2.46. The monoisotopic (exact) mass is 782 g/mol. The highest BCUT2D eigenvalue weighted by atomic mass is 127. The third kappa shape index (κ3) is 5.65. The Hall–Kier alpha value is -1.24. The number of rotatable bonds is 3. The zero-order valence-electron chi connectivity index (χ0n) is 21.3. The molecule has 15 heteroatoms. The Kier molecular flexibility index (Phi) is 8.43. The minimum atomic E-state index is -1.01. The number of piperidine rings is 1. The summed E-state index contributed by atoms with van der Waals surface area (Å²) in [6.45, 7) is 8.02. The standard InChI is InChI=1S/C18H27IN6OS.C5H2ClIN4/c1-17(2,3)27(26)23-14-5-4-6-18(14)7-9-24(10-8-18)16-20-11-13(19)15-22-21-12-25(15)16;6-5-8-1-3(7)4-10-9-2-11(4)5/h11-12,14,23H,4-10H2,1-3H3;1-2H/t14-,27-;/m1./s1.